The Morgan fingerprint density at radius 3 is 2.71 bits per heavy atom. The summed E-state index contributed by atoms with van der Waals surface area (Å²) >= 11 is 7.34. The normalized spacial score (nSPS) is 16.7. The first-order valence-electron chi connectivity index (χ1n) is 9.16. The average Bonchev–Trinajstić information content (AvgIpc) is 3.27. The lowest BCUT2D eigenvalue weighted by Gasteiger charge is -2.36. The van der Waals surface area contributed by atoms with Crippen LogP contribution in [0.5, 0.6) is 0 Å². The van der Waals surface area contributed by atoms with E-state index in [0.29, 0.717) is 10.9 Å². The Bertz CT molecular complexity index is 761. The molecule has 1 aliphatic rings. The maximum atomic E-state index is 10.3. The third kappa shape index (κ3) is 6.58. The SMILES string of the molecule is CCNC(=NCC(O)c1ccc(Cl)s1)N1CCN(Cc2cc(C)on2)CC1.I. The summed E-state index contributed by atoms with van der Waals surface area (Å²) in [7, 11) is 0. The third-order valence-electron chi connectivity index (χ3n) is 4.41. The number of hydrogen-bond donors (Lipinski definition) is 2. The quantitative estimate of drug-likeness (QED) is 0.334. The average molecular weight is 540 g/mol. The second-order valence-corrected chi connectivity index (χ2v) is 8.29. The molecule has 1 aliphatic heterocycles. The second-order valence-electron chi connectivity index (χ2n) is 6.54. The molecule has 1 unspecified atom stereocenters. The van der Waals surface area contributed by atoms with Crippen LogP contribution >= 0.6 is 46.9 Å². The van der Waals surface area contributed by atoms with Crippen LogP contribution in [-0.2, 0) is 6.54 Å². The van der Waals surface area contributed by atoms with Gasteiger partial charge in [-0.3, -0.25) is 9.89 Å². The summed E-state index contributed by atoms with van der Waals surface area (Å²) in [6.45, 7) is 9.48. The molecule has 0 bridgehead atoms. The molecule has 10 heteroatoms. The van der Waals surface area contributed by atoms with Gasteiger partial charge in [0.1, 0.15) is 11.9 Å². The van der Waals surface area contributed by atoms with E-state index in [1.54, 1.807) is 6.07 Å². The van der Waals surface area contributed by atoms with E-state index in [4.69, 9.17) is 16.1 Å². The zero-order chi connectivity index (χ0) is 19.2. The maximum absolute atomic E-state index is 10.3. The van der Waals surface area contributed by atoms with E-state index in [1.807, 2.05) is 26.0 Å². The topological polar surface area (TPSA) is 77.1 Å². The Kier molecular flexibility index (Phi) is 9.48. The fraction of sp³-hybridized carbons (Fsp3) is 0.556. The van der Waals surface area contributed by atoms with Crippen LogP contribution in [0.15, 0.2) is 27.7 Å². The van der Waals surface area contributed by atoms with Crippen molar-refractivity contribution in [3.8, 4) is 0 Å². The van der Waals surface area contributed by atoms with Crippen molar-refractivity contribution in [1.29, 1.82) is 0 Å². The Morgan fingerprint density at radius 1 is 1.39 bits per heavy atom. The summed E-state index contributed by atoms with van der Waals surface area (Å²) in [5.74, 6) is 1.69. The van der Waals surface area contributed by atoms with Crippen molar-refractivity contribution in [3.63, 3.8) is 0 Å². The lowest BCUT2D eigenvalue weighted by atomic mass is 10.3. The van der Waals surface area contributed by atoms with Gasteiger partial charge in [-0.2, -0.15) is 0 Å². The molecule has 3 rings (SSSR count). The van der Waals surface area contributed by atoms with Crippen LogP contribution in [0.4, 0.5) is 0 Å². The van der Waals surface area contributed by atoms with Crippen LogP contribution in [0, 0.1) is 6.92 Å². The largest absolute Gasteiger partial charge is 0.386 e. The van der Waals surface area contributed by atoms with Gasteiger partial charge in [-0.05, 0) is 26.0 Å². The van der Waals surface area contributed by atoms with Gasteiger partial charge in [-0.1, -0.05) is 16.8 Å². The number of hydrogen-bond acceptors (Lipinski definition) is 6. The number of aromatic nitrogens is 1. The van der Waals surface area contributed by atoms with Crippen LogP contribution in [0.2, 0.25) is 4.34 Å². The van der Waals surface area contributed by atoms with Crippen LogP contribution < -0.4 is 5.32 Å². The summed E-state index contributed by atoms with van der Waals surface area (Å²) in [6, 6.07) is 5.63. The molecule has 2 aromatic heterocycles. The minimum Gasteiger partial charge on any atom is -0.386 e. The van der Waals surface area contributed by atoms with E-state index in [9.17, 15) is 5.11 Å². The maximum Gasteiger partial charge on any atom is 0.194 e. The van der Waals surface area contributed by atoms with Crippen molar-refractivity contribution >= 4 is 52.9 Å². The lowest BCUT2D eigenvalue weighted by molar-refractivity contribution is 0.166. The number of rotatable bonds is 6. The summed E-state index contributed by atoms with van der Waals surface area (Å²) < 4.78 is 5.82. The van der Waals surface area contributed by atoms with E-state index < -0.39 is 6.10 Å². The first-order chi connectivity index (χ1) is 13.0. The molecule has 2 aromatic rings. The number of nitrogens with one attached hydrogen (secondary N) is 1. The van der Waals surface area contributed by atoms with Gasteiger partial charge in [0.05, 0.1) is 16.6 Å². The number of aliphatic hydroxyl groups is 1. The first-order valence-corrected chi connectivity index (χ1v) is 10.4. The Balaban J connectivity index is 0.00000280. The van der Waals surface area contributed by atoms with Crippen molar-refractivity contribution < 1.29 is 9.63 Å². The second kappa shape index (κ2) is 11.3. The predicted molar refractivity (Wildman–Crippen MR) is 124 cm³/mol. The molecule has 0 spiro atoms. The van der Waals surface area contributed by atoms with Crippen molar-refractivity contribution in [2.75, 3.05) is 39.3 Å². The standard InChI is InChI=1S/C18H26ClN5O2S.HI/c1-3-20-18(21-11-15(25)16-4-5-17(19)27-16)24-8-6-23(7-9-24)12-14-10-13(2)26-22-14;/h4-5,10,15,25H,3,6-9,11-12H2,1-2H3,(H,20,21);1H. The molecular formula is C18H27ClIN5O2S. The van der Waals surface area contributed by atoms with Gasteiger partial charge in [0.25, 0.3) is 0 Å². The molecule has 0 saturated carbocycles. The highest BCUT2D eigenvalue weighted by atomic mass is 127. The van der Waals surface area contributed by atoms with Crippen molar-refractivity contribution in [2.24, 2.45) is 4.99 Å². The number of aliphatic hydroxyl groups excluding tert-OH is 1. The zero-order valence-electron chi connectivity index (χ0n) is 16.1. The number of halogens is 2. The molecule has 0 radical (unpaired) electrons. The van der Waals surface area contributed by atoms with E-state index in [-0.39, 0.29) is 24.0 Å². The monoisotopic (exact) mass is 539 g/mol. The molecule has 0 amide bonds. The van der Waals surface area contributed by atoms with Gasteiger partial charge in [0.15, 0.2) is 5.96 Å². The Labute approximate surface area is 191 Å². The molecule has 156 valence electrons. The fourth-order valence-corrected chi connectivity index (χ4v) is 4.07. The molecule has 1 atom stereocenters. The van der Waals surface area contributed by atoms with Crippen LogP contribution in [0.25, 0.3) is 0 Å². The number of thiophene rings is 1. The number of aliphatic imine (C=N–C) groups is 1. The van der Waals surface area contributed by atoms with Gasteiger partial charge < -0.3 is 19.8 Å². The Morgan fingerprint density at radius 2 is 2.14 bits per heavy atom. The summed E-state index contributed by atoms with van der Waals surface area (Å²) in [6.07, 6.45) is -0.632. The number of piperazine rings is 1. The van der Waals surface area contributed by atoms with Gasteiger partial charge >= 0.3 is 0 Å². The number of guanidine groups is 1. The zero-order valence-corrected chi connectivity index (χ0v) is 20.0. The molecule has 0 aromatic carbocycles. The highest BCUT2D eigenvalue weighted by Crippen LogP contribution is 2.27. The van der Waals surface area contributed by atoms with Gasteiger partial charge in [-0.25, -0.2) is 0 Å². The van der Waals surface area contributed by atoms with Gasteiger partial charge in [-0.15, -0.1) is 35.3 Å². The summed E-state index contributed by atoms with van der Waals surface area (Å²) in [5.41, 5.74) is 0.972. The van der Waals surface area contributed by atoms with Gasteiger partial charge in [0, 0.05) is 50.2 Å². The number of aryl methyl sites for hydroxylation is 1. The minimum atomic E-state index is -0.632. The van der Waals surface area contributed by atoms with E-state index >= 15 is 0 Å². The third-order valence-corrected chi connectivity index (χ3v) is 5.74. The molecule has 1 saturated heterocycles. The first kappa shape index (κ1) is 23.4. The molecular weight excluding hydrogens is 513 g/mol. The molecule has 7 nitrogen and oxygen atoms in total. The highest BCUT2D eigenvalue weighted by molar-refractivity contribution is 14.0. The summed E-state index contributed by atoms with van der Waals surface area (Å²) in [5, 5.41) is 17.7. The van der Waals surface area contributed by atoms with Crippen molar-refractivity contribution in [3.05, 3.63) is 38.9 Å². The highest BCUT2D eigenvalue weighted by Gasteiger charge is 2.21. The predicted octanol–water partition coefficient (Wildman–Crippen LogP) is 3.13. The Hall–Kier alpha value is -0.880. The molecule has 2 N–H and O–H groups in total. The molecule has 3 heterocycles. The van der Waals surface area contributed by atoms with Gasteiger partial charge in [0.2, 0.25) is 0 Å². The van der Waals surface area contributed by atoms with E-state index in [2.05, 4.69) is 25.3 Å². The molecule has 1 fully saturated rings. The van der Waals surface area contributed by atoms with Crippen LogP contribution in [0.3, 0.4) is 0 Å². The minimum absolute atomic E-state index is 0. The van der Waals surface area contributed by atoms with E-state index in [1.165, 1.54) is 11.3 Å². The fourth-order valence-electron chi connectivity index (χ4n) is 3.04. The summed E-state index contributed by atoms with van der Waals surface area (Å²) in [4.78, 5) is 10.1. The van der Waals surface area contributed by atoms with Crippen molar-refractivity contribution in [2.45, 2.75) is 26.5 Å². The van der Waals surface area contributed by atoms with Crippen LogP contribution in [-0.4, -0.2) is 65.3 Å². The smallest absolute Gasteiger partial charge is 0.194 e. The van der Waals surface area contributed by atoms with Crippen molar-refractivity contribution in [1.82, 2.24) is 20.3 Å². The van der Waals surface area contributed by atoms with E-state index in [0.717, 1.165) is 61.6 Å². The molecule has 28 heavy (non-hydrogen) atoms. The lowest BCUT2D eigenvalue weighted by Crippen LogP contribution is -2.52. The number of nitrogens with zero attached hydrogens (tertiary/aromatic N) is 4. The van der Waals surface area contributed by atoms with Crippen LogP contribution in [0.1, 0.15) is 29.4 Å². The molecule has 0 aliphatic carbocycles.